The van der Waals surface area contributed by atoms with E-state index in [1.807, 2.05) is 36.4 Å². The molecule has 0 spiro atoms. The van der Waals surface area contributed by atoms with Crippen LogP contribution < -0.4 is 10.2 Å². The van der Waals surface area contributed by atoms with Gasteiger partial charge >= 0.3 is 20.4 Å². The zero-order chi connectivity index (χ0) is 18.9. The molecule has 0 radical (unpaired) electrons. The minimum Gasteiger partial charge on any atom is -0.860 e. The van der Waals surface area contributed by atoms with E-state index in [-0.39, 0.29) is 32.7 Å². The van der Waals surface area contributed by atoms with E-state index in [1.54, 1.807) is 36.5 Å². The van der Waals surface area contributed by atoms with Crippen LogP contribution in [0.15, 0.2) is 89.1 Å². The van der Waals surface area contributed by atoms with Gasteiger partial charge in [0.15, 0.2) is 0 Å². The average Bonchev–Trinajstić information content (AvgIpc) is 2.73. The van der Waals surface area contributed by atoms with Crippen LogP contribution in [0.5, 0.6) is 0 Å². The molecule has 0 fully saturated rings. The monoisotopic (exact) mass is 464 g/mol. The first kappa shape index (κ1) is 21.4. The Morgan fingerprint density at radius 3 is 2.18 bits per heavy atom. The van der Waals surface area contributed by atoms with E-state index in [2.05, 4.69) is 20.0 Å². The Kier molecular flexibility index (Phi) is 8.47. The van der Waals surface area contributed by atoms with E-state index in [9.17, 15) is 10.2 Å². The fourth-order valence-corrected chi connectivity index (χ4v) is 2.48. The Bertz CT molecular complexity index is 903. The fraction of sp³-hybridized carbons (Fsp3) is 0.143. The number of pyridine rings is 2. The summed E-state index contributed by atoms with van der Waals surface area (Å²) in [5.74, 6) is -0.980. The third kappa shape index (κ3) is 6.38. The Labute approximate surface area is 177 Å². The fourth-order valence-electron chi connectivity index (χ4n) is 2.48. The number of hydrogen-bond acceptors (Lipinski definition) is 6. The van der Waals surface area contributed by atoms with Gasteiger partial charge in [0, 0.05) is 18.3 Å². The minimum atomic E-state index is -0.898. The van der Waals surface area contributed by atoms with Crippen molar-refractivity contribution in [2.75, 3.05) is 0 Å². The standard InChI is InChI=1S/C21H20N4O2.Pd/c26-20(24-15-17-10-4-6-12-22-17)19(14-16-8-2-1-3-9-16)25-21(27)18-11-5-7-13-23-18;/h1-13,19H,14-15H2,(H,24,26)(H,25,27);/q;+2/p-2/t19-;/m0./s1. The van der Waals surface area contributed by atoms with Crippen LogP contribution in [0.2, 0.25) is 0 Å². The molecule has 1 atom stereocenters. The molecular formula is C21H18N4O2Pd. The predicted octanol–water partition coefficient (Wildman–Crippen LogP) is 1.15. The summed E-state index contributed by atoms with van der Waals surface area (Å²) < 4.78 is 0. The van der Waals surface area contributed by atoms with Crippen LogP contribution in [0.25, 0.3) is 0 Å². The molecule has 2 heterocycles. The van der Waals surface area contributed by atoms with Crippen LogP contribution in [-0.4, -0.2) is 27.8 Å². The third-order valence-corrected chi connectivity index (χ3v) is 3.84. The number of aromatic nitrogens is 2. The van der Waals surface area contributed by atoms with E-state index >= 15 is 0 Å². The molecular weight excluding hydrogens is 447 g/mol. The van der Waals surface area contributed by atoms with Crippen molar-refractivity contribution in [2.45, 2.75) is 19.0 Å². The topological polar surface area (TPSA) is 96.6 Å². The van der Waals surface area contributed by atoms with Crippen LogP contribution in [0.1, 0.15) is 17.0 Å². The van der Waals surface area contributed by atoms with Gasteiger partial charge in [0.25, 0.3) is 0 Å². The van der Waals surface area contributed by atoms with Crippen LogP contribution in [-0.2, 0) is 33.4 Å². The van der Waals surface area contributed by atoms with E-state index < -0.39 is 17.8 Å². The van der Waals surface area contributed by atoms with Gasteiger partial charge in [-0.05, 0) is 42.1 Å². The quantitative estimate of drug-likeness (QED) is 0.298. The van der Waals surface area contributed by atoms with Gasteiger partial charge < -0.3 is 10.2 Å². The van der Waals surface area contributed by atoms with E-state index in [4.69, 9.17) is 0 Å². The second kappa shape index (κ2) is 11.1. The second-order valence-corrected chi connectivity index (χ2v) is 5.83. The molecule has 0 bridgehead atoms. The molecule has 0 saturated carbocycles. The Morgan fingerprint density at radius 1 is 0.857 bits per heavy atom. The maximum Gasteiger partial charge on any atom is 2.00 e. The summed E-state index contributed by atoms with van der Waals surface area (Å²) in [6, 6.07) is 18.9. The Morgan fingerprint density at radius 2 is 1.54 bits per heavy atom. The van der Waals surface area contributed by atoms with Gasteiger partial charge in [-0.3, -0.25) is 20.0 Å². The van der Waals surface area contributed by atoms with Crippen molar-refractivity contribution in [3.8, 4) is 0 Å². The number of hydrogen-bond donors (Lipinski definition) is 0. The first-order valence-electron chi connectivity index (χ1n) is 8.54. The summed E-state index contributed by atoms with van der Waals surface area (Å²) >= 11 is 0. The van der Waals surface area contributed by atoms with Gasteiger partial charge in [-0.1, -0.05) is 42.5 Å². The molecule has 0 aliphatic heterocycles. The molecule has 2 aromatic heterocycles. The normalized spacial score (nSPS) is 12.9. The van der Waals surface area contributed by atoms with Crippen molar-refractivity contribution in [1.29, 1.82) is 0 Å². The minimum absolute atomic E-state index is 0. The van der Waals surface area contributed by atoms with E-state index in [0.29, 0.717) is 12.1 Å². The summed E-state index contributed by atoms with van der Waals surface area (Å²) in [5.41, 5.74) is 1.79. The van der Waals surface area contributed by atoms with Gasteiger partial charge in [-0.25, -0.2) is 0 Å². The third-order valence-electron chi connectivity index (χ3n) is 3.84. The van der Waals surface area contributed by atoms with E-state index in [0.717, 1.165) is 5.56 Å². The molecule has 0 saturated heterocycles. The molecule has 0 N–H and O–H groups in total. The number of nitrogens with zero attached hydrogens (tertiary/aromatic N) is 4. The smallest absolute Gasteiger partial charge is 0.860 e. The molecule has 0 amide bonds. The number of rotatable bonds is 7. The maximum absolute atomic E-state index is 12.6. The molecule has 3 rings (SSSR count). The van der Waals surface area contributed by atoms with Crippen LogP contribution in [0.3, 0.4) is 0 Å². The van der Waals surface area contributed by atoms with Crippen LogP contribution in [0, 0.1) is 0 Å². The Balaban J connectivity index is 0.00000280. The predicted molar refractivity (Wildman–Crippen MR) is 100 cm³/mol. The van der Waals surface area contributed by atoms with Crippen LogP contribution in [0.4, 0.5) is 0 Å². The molecule has 144 valence electrons. The van der Waals surface area contributed by atoms with E-state index in [1.165, 1.54) is 6.20 Å². The first-order valence-corrected chi connectivity index (χ1v) is 8.54. The number of aliphatic imine (C=N–C) groups is 2. The van der Waals surface area contributed by atoms with Crippen molar-refractivity contribution in [1.82, 2.24) is 9.97 Å². The number of benzene rings is 1. The summed E-state index contributed by atoms with van der Waals surface area (Å²) in [6.45, 7) is 0.151. The first-order chi connectivity index (χ1) is 13.2. The zero-order valence-corrected chi connectivity index (χ0v) is 16.5. The van der Waals surface area contributed by atoms with Gasteiger partial charge in [-0.2, -0.15) is 0 Å². The molecule has 1 aromatic carbocycles. The van der Waals surface area contributed by atoms with Crippen molar-refractivity contribution < 1.29 is 30.6 Å². The van der Waals surface area contributed by atoms with Gasteiger partial charge in [-0.15, -0.1) is 0 Å². The maximum atomic E-state index is 12.6. The molecule has 0 unspecified atom stereocenters. The van der Waals surface area contributed by atoms with Crippen LogP contribution >= 0.6 is 0 Å². The largest absolute Gasteiger partial charge is 2.00 e. The van der Waals surface area contributed by atoms with Crippen molar-refractivity contribution in [3.63, 3.8) is 0 Å². The molecule has 7 heteroatoms. The molecule has 6 nitrogen and oxygen atoms in total. The van der Waals surface area contributed by atoms with Gasteiger partial charge in [0.2, 0.25) is 0 Å². The van der Waals surface area contributed by atoms with Crippen molar-refractivity contribution in [2.24, 2.45) is 9.98 Å². The van der Waals surface area contributed by atoms with Gasteiger partial charge in [0.05, 0.1) is 24.0 Å². The van der Waals surface area contributed by atoms with Crippen molar-refractivity contribution in [3.05, 3.63) is 96.1 Å². The summed E-state index contributed by atoms with van der Waals surface area (Å²) in [5, 5.41) is 25.0. The molecule has 0 aliphatic carbocycles. The summed E-state index contributed by atoms with van der Waals surface area (Å²) in [4.78, 5) is 16.3. The average molecular weight is 465 g/mol. The summed E-state index contributed by atoms with van der Waals surface area (Å²) in [7, 11) is 0. The zero-order valence-electron chi connectivity index (χ0n) is 14.9. The van der Waals surface area contributed by atoms with Gasteiger partial charge in [0.1, 0.15) is 0 Å². The second-order valence-electron chi connectivity index (χ2n) is 5.83. The summed E-state index contributed by atoms with van der Waals surface area (Å²) in [6.07, 6.45) is 3.46. The molecule has 3 aromatic rings. The Hall–Kier alpha value is -2.88. The molecule has 0 aliphatic rings. The molecule has 28 heavy (non-hydrogen) atoms. The van der Waals surface area contributed by atoms with Crippen molar-refractivity contribution >= 4 is 11.8 Å². The SMILES string of the molecule is [O-]C(=N[C@@H](Cc1ccccc1)C([O-])=NCc1ccccn1)c1ccccn1.[Pd+2].